The number of hydrazine groups is 1. The molecule has 0 saturated carbocycles. The highest BCUT2D eigenvalue weighted by atomic mass is 32.2. The SMILES string of the molecule is CON([N+](=O)[O-])S(=O)(=O)C#N. The van der Waals surface area contributed by atoms with E-state index in [0.29, 0.717) is 5.40 Å². The molecule has 0 rings (SSSR count). The van der Waals surface area contributed by atoms with E-state index in [1.807, 2.05) is 0 Å². The summed E-state index contributed by atoms with van der Waals surface area (Å²) in [6.45, 7) is 0. The van der Waals surface area contributed by atoms with E-state index < -0.39 is 19.6 Å². The monoisotopic (exact) mass is 181 g/mol. The fraction of sp³-hybridized carbons (Fsp3) is 0.500. The smallest absolute Gasteiger partial charge is 0.232 e. The van der Waals surface area contributed by atoms with Crippen LogP contribution >= 0.6 is 0 Å². The molecule has 0 fully saturated rings. The molecule has 0 amide bonds. The van der Waals surface area contributed by atoms with Crippen molar-refractivity contribution < 1.29 is 18.3 Å². The zero-order chi connectivity index (χ0) is 9.07. The van der Waals surface area contributed by atoms with Crippen LogP contribution in [0.25, 0.3) is 0 Å². The van der Waals surface area contributed by atoms with Crippen LogP contribution in [-0.4, -0.2) is 25.1 Å². The minimum Gasteiger partial charge on any atom is -0.232 e. The van der Waals surface area contributed by atoms with Crippen LogP contribution in [0.15, 0.2) is 0 Å². The van der Waals surface area contributed by atoms with E-state index in [4.69, 9.17) is 5.26 Å². The molecule has 0 radical (unpaired) electrons. The summed E-state index contributed by atoms with van der Waals surface area (Å²) in [5.74, 6) is 0. The molecule has 0 aromatic rings. The van der Waals surface area contributed by atoms with Gasteiger partial charge in [0.25, 0.3) is 0 Å². The van der Waals surface area contributed by atoms with Crippen LogP contribution in [0.4, 0.5) is 0 Å². The molecule has 0 saturated heterocycles. The van der Waals surface area contributed by atoms with Gasteiger partial charge in [-0.25, -0.2) is 15.0 Å². The van der Waals surface area contributed by atoms with Gasteiger partial charge >= 0.3 is 10.0 Å². The minimum atomic E-state index is -4.59. The van der Waals surface area contributed by atoms with E-state index in [1.165, 1.54) is 0 Å². The van der Waals surface area contributed by atoms with Gasteiger partial charge in [-0.3, -0.25) is 0 Å². The molecule has 0 aliphatic rings. The first kappa shape index (κ1) is 9.60. The Morgan fingerprint density at radius 1 is 1.73 bits per heavy atom. The number of nitriles is 1. The standard InChI is InChI=1S/C2H3N3O5S/c1-10-5(4(6)7)11(8,9)2-3/h1H3. The lowest BCUT2D eigenvalue weighted by Gasteiger charge is -2.03. The molecule has 0 unspecified atom stereocenters. The van der Waals surface area contributed by atoms with E-state index in [1.54, 1.807) is 0 Å². The Labute approximate surface area is 61.7 Å². The summed E-state index contributed by atoms with van der Waals surface area (Å²) >= 11 is 0. The van der Waals surface area contributed by atoms with Gasteiger partial charge < -0.3 is 0 Å². The summed E-state index contributed by atoms with van der Waals surface area (Å²) in [5, 5.41) is 17.0. The van der Waals surface area contributed by atoms with Crippen LogP contribution in [0.5, 0.6) is 0 Å². The average Bonchev–Trinajstić information content (AvgIpc) is 1.88. The Kier molecular flexibility index (Phi) is 2.73. The zero-order valence-corrected chi connectivity index (χ0v) is 6.11. The second-order valence-electron chi connectivity index (χ2n) is 1.22. The molecule has 0 bridgehead atoms. The van der Waals surface area contributed by atoms with Crippen molar-refractivity contribution in [2.75, 3.05) is 7.11 Å². The number of nitro groups is 1. The van der Waals surface area contributed by atoms with Gasteiger partial charge in [-0.1, -0.05) is 0 Å². The molecule has 0 aliphatic carbocycles. The third kappa shape index (κ3) is 2.03. The molecular weight excluding hydrogens is 178 g/mol. The molecule has 9 heteroatoms. The van der Waals surface area contributed by atoms with Crippen molar-refractivity contribution in [3.8, 4) is 5.40 Å². The topological polar surface area (TPSA) is 114 Å². The first-order chi connectivity index (χ1) is 4.95. The third-order valence-corrected chi connectivity index (χ3v) is 1.53. The molecule has 0 aromatic carbocycles. The Bertz CT molecular complexity index is 287. The van der Waals surface area contributed by atoms with Crippen LogP contribution < -0.4 is 0 Å². The van der Waals surface area contributed by atoms with Crippen LogP contribution in [0.3, 0.4) is 0 Å². The predicted molar refractivity (Wildman–Crippen MR) is 30.4 cm³/mol. The van der Waals surface area contributed by atoms with Crippen LogP contribution in [0, 0.1) is 20.8 Å². The first-order valence-electron chi connectivity index (χ1n) is 2.10. The van der Waals surface area contributed by atoms with Crippen molar-refractivity contribution in [3.63, 3.8) is 0 Å². The van der Waals surface area contributed by atoms with Gasteiger partial charge in [-0.05, 0) is 0 Å². The second kappa shape index (κ2) is 3.13. The summed E-state index contributed by atoms with van der Waals surface area (Å²) < 4.78 is 20.1. The molecule has 11 heavy (non-hydrogen) atoms. The van der Waals surface area contributed by atoms with Gasteiger partial charge in [-0.15, -0.1) is 0 Å². The van der Waals surface area contributed by atoms with E-state index in [2.05, 4.69) is 4.84 Å². The lowest BCUT2D eigenvalue weighted by atomic mass is 11.7. The molecule has 0 spiro atoms. The molecule has 0 N–H and O–H groups in total. The summed E-state index contributed by atoms with van der Waals surface area (Å²) in [7, 11) is -3.83. The maximum Gasteiger partial charge on any atom is 0.405 e. The van der Waals surface area contributed by atoms with Crippen molar-refractivity contribution in [2.45, 2.75) is 0 Å². The highest BCUT2D eigenvalue weighted by molar-refractivity contribution is 7.93. The van der Waals surface area contributed by atoms with Crippen LogP contribution in [0.1, 0.15) is 0 Å². The number of sulfonamides is 1. The molecule has 62 valence electrons. The van der Waals surface area contributed by atoms with Crippen LogP contribution in [-0.2, 0) is 14.9 Å². The normalized spacial score (nSPS) is 10.2. The van der Waals surface area contributed by atoms with Crippen LogP contribution in [0.2, 0.25) is 0 Å². The van der Waals surface area contributed by atoms with Crippen molar-refractivity contribution in [1.82, 2.24) is 4.58 Å². The molecule has 0 aromatic heterocycles. The molecule has 0 atom stereocenters. The van der Waals surface area contributed by atoms with E-state index in [0.717, 1.165) is 7.11 Å². The van der Waals surface area contributed by atoms with Crippen molar-refractivity contribution in [1.29, 1.82) is 5.26 Å². The van der Waals surface area contributed by atoms with Gasteiger partial charge in [0.05, 0.1) is 7.11 Å². The fourth-order valence-electron chi connectivity index (χ4n) is 0.287. The Morgan fingerprint density at radius 3 is 2.27 bits per heavy atom. The maximum absolute atomic E-state index is 10.4. The quantitative estimate of drug-likeness (QED) is 0.235. The van der Waals surface area contributed by atoms with Gasteiger partial charge in [0.2, 0.25) is 10.4 Å². The number of nitrogens with zero attached hydrogens (tertiary/aromatic N) is 3. The summed E-state index contributed by atoms with van der Waals surface area (Å²) in [6, 6.07) is 0. The van der Waals surface area contributed by atoms with E-state index >= 15 is 0 Å². The lowest BCUT2D eigenvalue weighted by molar-refractivity contribution is -0.691. The summed E-state index contributed by atoms with van der Waals surface area (Å²) in [6.07, 6.45) is 0. The average molecular weight is 181 g/mol. The van der Waals surface area contributed by atoms with Gasteiger partial charge in [-0.2, -0.15) is 13.7 Å². The van der Waals surface area contributed by atoms with Gasteiger partial charge in [0, 0.05) is 0 Å². The summed E-state index contributed by atoms with van der Waals surface area (Å²) in [4.78, 5) is 13.6. The number of hydrogen-bond acceptors (Lipinski definition) is 6. The largest absolute Gasteiger partial charge is 0.405 e. The molecular formula is C2H3N3O5S. The maximum atomic E-state index is 10.4. The molecule has 8 nitrogen and oxygen atoms in total. The Hall–Kier alpha value is -1.40. The van der Waals surface area contributed by atoms with Gasteiger partial charge in [0.15, 0.2) is 0 Å². The highest BCUT2D eigenvalue weighted by Gasteiger charge is 2.31. The fourth-order valence-corrected chi connectivity index (χ4v) is 0.729. The predicted octanol–water partition coefficient (Wildman–Crippen LogP) is -1.15. The van der Waals surface area contributed by atoms with E-state index in [9.17, 15) is 18.5 Å². The second-order valence-corrected chi connectivity index (χ2v) is 2.67. The van der Waals surface area contributed by atoms with Crippen molar-refractivity contribution >= 4 is 10.0 Å². The van der Waals surface area contributed by atoms with Gasteiger partial charge in [0.1, 0.15) is 4.58 Å². The third-order valence-electron chi connectivity index (χ3n) is 0.610. The Morgan fingerprint density at radius 2 is 2.18 bits per heavy atom. The number of hydrogen-bond donors (Lipinski definition) is 0. The zero-order valence-electron chi connectivity index (χ0n) is 5.29. The molecule has 0 aliphatic heterocycles. The molecule has 0 heterocycles. The Balaban J connectivity index is 4.85. The minimum absolute atomic E-state index is 0.632. The van der Waals surface area contributed by atoms with E-state index in [-0.39, 0.29) is 0 Å². The highest BCUT2D eigenvalue weighted by Crippen LogP contribution is 1.98. The number of rotatable bonds is 3. The van der Waals surface area contributed by atoms with Crippen molar-refractivity contribution in [3.05, 3.63) is 10.1 Å². The summed E-state index contributed by atoms with van der Waals surface area (Å²) in [5.41, 5.74) is 0. The van der Waals surface area contributed by atoms with Crippen molar-refractivity contribution in [2.24, 2.45) is 0 Å². The number of thiocyanates is 1. The first-order valence-corrected chi connectivity index (χ1v) is 3.54. The lowest BCUT2D eigenvalue weighted by Crippen LogP contribution is -2.33.